The summed E-state index contributed by atoms with van der Waals surface area (Å²) in [6.45, 7) is 5.74. The summed E-state index contributed by atoms with van der Waals surface area (Å²) in [6.07, 6.45) is 3.69. The maximum absolute atomic E-state index is 12.5. The Labute approximate surface area is 122 Å². The number of likely N-dealkylation sites (tertiary alicyclic amines) is 1. The van der Waals surface area contributed by atoms with Crippen LogP contribution in [0.15, 0.2) is 0 Å². The van der Waals surface area contributed by atoms with Gasteiger partial charge in [-0.3, -0.25) is 4.79 Å². The van der Waals surface area contributed by atoms with Crippen LogP contribution in [0, 0.1) is 5.41 Å². The van der Waals surface area contributed by atoms with Gasteiger partial charge in [0.05, 0.1) is 6.61 Å². The van der Waals surface area contributed by atoms with E-state index in [2.05, 4.69) is 0 Å². The smallest absolute Gasteiger partial charge is 0.254 e. The Morgan fingerprint density at radius 3 is 2.65 bits per heavy atom. The van der Waals surface area contributed by atoms with E-state index in [1.54, 1.807) is 28.1 Å². The van der Waals surface area contributed by atoms with Crippen molar-refractivity contribution in [2.75, 3.05) is 40.5 Å². The molecule has 0 saturated carbocycles. The highest BCUT2D eigenvalue weighted by Crippen LogP contribution is 2.35. The summed E-state index contributed by atoms with van der Waals surface area (Å²) in [5.74, 6) is 0.00395. The molecule has 1 fully saturated rings. The Hall–Kier alpha value is -0.650. The highest BCUT2D eigenvalue weighted by molar-refractivity contribution is 5.84. The highest BCUT2D eigenvalue weighted by Gasteiger charge is 2.40. The van der Waals surface area contributed by atoms with Crippen LogP contribution in [0.1, 0.15) is 39.5 Å². The van der Waals surface area contributed by atoms with Crippen molar-refractivity contribution in [3.05, 3.63) is 0 Å². The standard InChI is InChI=1S/C15H29NO4/c1-14(2,20-4)13(18)16-9-5-7-15(11-16,12-17)8-6-10-19-3/h17H,5-12H2,1-4H3. The molecular formula is C15H29NO4. The third-order valence-electron chi connectivity index (χ3n) is 4.36. The van der Waals surface area contributed by atoms with E-state index in [9.17, 15) is 9.90 Å². The molecule has 0 aromatic rings. The maximum atomic E-state index is 12.5. The van der Waals surface area contributed by atoms with E-state index in [-0.39, 0.29) is 17.9 Å². The van der Waals surface area contributed by atoms with E-state index in [0.717, 1.165) is 32.2 Å². The summed E-state index contributed by atoms with van der Waals surface area (Å²) < 4.78 is 10.4. The lowest BCUT2D eigenvalue weighted by atomic mass is 9.76. The first-order chi connectivity index (χ1) is 9.40. The number of aliphatic hydroxyl groups is 1. The molecule has 1 unspecified atom stereocenters. The van der Waals surface area contributed by atoms with Crippen molar-refractivity contribution in [2.24, 2.45) is 5.41 Å². The summed E-state index contributed by atoms with van der Waals surface area (Å²) >= 11 is 0. The number of hydrogen-bond acceptors (Lipinski definition) is 4. The lowest BCUT2D eigenvalue weighted by molar-refractivity contribution is -0.155. The Kier molecular flexibility index (Phi) is 6.43. The van der Waals surface area contributed by atoms with Gasteiger partial charge in [-0.05, 0) is 39.5 Å². The Bertz CT molecular complexity index is 319. The van der Waals surface area contributed by atoms with Crippen molar-refractivity contribution in [1.29, 1.82) is 0 Å². The van der Waals surface area contributed by atoms with Crippen molar-refractivity contribution < 1.29 is 19.4 Å². The molecular weight excluding hydrogens is 258 g/mol. The van der Waals surface area contributed by atoms with E-state index in [1.165, 1.54) is 0 Å². The molecule has 0 radical (unpaired) electrons. The zero-order chi connectivity index (χ0) is 15.2. The highest BCUT2D eigenvalue weighted by atomic mass is 16.5. The van der Waals surface area contributed by atoms with Crippen molar-refractivity contribution in [1.82, 2.24) is 4.90 Å². The van der Waals surface area contributed by atoms with E-state index in [4.69, 9.17) is 9.47 Å². The molecule has 20 heavy (non-hydrogen) atoms. The molecule has 0 bridgehead atoms. The third kappa shape index (κ3) is 4.17. The van der Waals surface area contributed by atoms with Crippen LogP contribution in [0.2, 0.25) is 0 Å². The largest absolute Gasteiger partial charge is 0.396 e. The van der Waals surface area contributed by atoms with Gasteiger partial charge in [-0.15, -0.1) is 0 Å². The SMILES string of the molecule is COCCCC1(CO)CCCN(C(=O)C(C)(C)OC)C1. The van der Waals surface area contributed by atoms with Crippen LogP contribution in [-0.2, 0) is 14.3 Å². The first kappa shape index (κ1) is 17.4. The number of rotatable bonds is 7. The van der Waals surface area contributed by atoms with Crippen LogP contribution in [0.5, 0.6) is 0 Å². The molecule has 1 heterocycles. The normalized spacial score (nSPS) is 23.9. The maximum Gasteiger partial charge on any atom is 0.254 e. The lowest BCUT2D eigenvalue weighted by Gasteiger charge is -2.44. The minimum atomic E-state index is -0.801. The second kappa shape index (κ2) is 7.38. The molecule has 1 aliphatic heterocycles. The molecule has 5 nitrogen and oxygen atoms in total. The minimum absolute atomic E-state index is 0.00395. The molecule has 1 saturated heterocycles. The number of carbonyl (C=O) groups excluding carboxylic acids is 1. The van der Waals surface area contributed by atoms with Crippen molar-refractivity contribution in [3.63, 3.8) is 0 Å². The van der Waals surface area contributed by atoms with Gasteiger partial charge in [-0.25, -0.2) is 0 Å². The Morgan fingerprint density at radius 1 is 1.40 bits per heavy atom. The lowest BCUT2D eigenvalue weighted by Crippen LogP contribution is -2.54. The van der Waals surface area contributed by atoms with Crippen molar-refractivity contribution >= 4 is 5.91 Å². The van der Waals surface area contributed by atoms with Gasteiger partial charge in [0.1, 0.15) is 5.60 Å². The fraction of sp³-hybridized carbons (Fsp3) is 0.933. The summed E-state index contributed by atoms with van der Waals surface area (Å²) in [7, 11) is 3.24. The van der Waals surface area contributed by atoms with E-state index < -0.39 is 5.60 Å². The van der Waals surface area contributed by atoms with Gasteiger partial charge in [-0.1, -0.05) is 0 Å². The number of amides is 1. The number of methoxy groups -OCH3 is 2. The van der Waals surface area contributed by atoms with Gasteiger partial charge in [-0.2, -0.15) is 0 Å². The number of nitrogens with zero attached hydrogens (tertiary/aromatic N) is 1. The van der Waals surface area contributed by atoms with Crippen molar-refractivity contribution in [2.45, 2.75) is 45.1 Å². The molecule has 1 atom stereocenters. The molecule has 0 aliphatic carbocycles. The quantitative estimate of drug-likeness (QED) is 0.720. The number of aliphatic hydroxyl groups excluding tert-OH is 1. The summed E-state index contributed by atoms with van der Waals surface area (Å²) in [5, 5.41) is 9.79. The topological polar surface area (TPSA) is 59.0 Å². The number of ether oxygens (including phenoxy) is 2. The van der Waals surface area contributed by atoms with Crippen LogP contribution in [0.3, 0.4) is 0 Å². The number of carbonyl (C=O) groups is 1. The fourth-order valence-electron chi connectivity index (χ4n) is 2.85. The predicted molar refractivity (Wildman–Crippen MR) is 77.5 cm³/mol. The van der Waals surface area contributed by atoms with Gasteiger partial charge in [0.25, 0.3) is 5.91 Å². The second-order valence-corrected chi connectivity index (χ2v) is 6.30. The molecule has 5 heteroatoms. The number of hydrogen-bond donors (Lipinski definition) is 1. The average Bonchev–Trinajstić information content (AvgIpc) is 2.47. The van der Waals surface area contributed by atoms with Crippen LogP contribution in [0.4, 0.5) is 0 Å². The first-order valence-electron chi connectivity index (χ1n) is 7.35. The van der Waals surface area contributed by atoms with Gasteiger partial charge in [0.2, 0.25) is 0 Å². The molecule has 1 rings (SSSR count). The predicted octanol–water partition coefficient (Wildman–Crippen LogP) is 1.44. The van der Waals surface area contributed by atoms with Crippen LogP contribution in [-0.4, -0.2) is 62.0 Å². The minimum Gasteiger partial charge on any atom is -0.396 e. The fourth-order valence-corrected chi connectivity index (χ4v) is 2.85. The van der Waals surface area contributed by atoms with Crippen LogP contribution < -0.4 is 0 Å². The number of piperidine rings is 1. The molecule has 0 spiro atoms. The molecule has 1 N–H and O–H groups in total. The van der Waals surface area contributed by atoms with Crippen LogP contribution in [0.25, 0.3) is 0 Å². The summed E-state index contributed by atoms with van der Waals surface area (Å²) in [4.78, 5) is 14.3. The van der Waals surface area contributed by atoms with Gasteiger partial charge >= 0.3 is 0 Å². The summed E-state index contributed by atoms with van der Waals surface area (Å²) in [5.41, 5.74) is -0.985. The van der Waals surface area contributed by atoms with Gasteiger partial charge in [0.15, 0.2) is 0 Å². The molecule has 1 aliphatic rings. The molecule has 118 valence electrons. The molecule has 0 aromatic carbocycles. The monoisotopic (exact) mass is 287 g/mol. The van der Waals surface area contributed by atoms with E-state index in [1.807, 2.05) is 4.90 Å². The van der Waals surface area contributed by atoms with Gasteiger partial charge in [0, 0.05) is 39.3 Å². The Morgan fingerprint density at radius 2 is 2.10 bits per heavy atom. The molecule has 0 aromatic heterocycles. The third-order valence-corrected chi connectivity index (χ3v) is 4.36. The summed E-state index contributed by atoms with van der Waals surface area (Å²) in [6, 6.07) is 0. The van der Waals surface area contributed by atoms with Crippen LogP contribution >= 0.6 is 0 Å². The zero-order valence-corrected chi connectivity index (χ0v) is 13.3. The average molecular weight is 287 g/mol. The second-order valence-electron chi connectivity index (χ2n) is 6.30. The van der Waals surface area contributed by atoms with Crippen molar-refractivity contribution in [3.8, 4) is 0 Å². The Balaban J connectivity index is 2.70. The molecule has 1 amide bonds. The van der Waals surface area contributed by atoms with Gasteiger partial charge < -0.3 is 19.5 Å². The van der Waals surface area contributed by atoms with E-state index >= 15 is 0 Å². The van der Waals surface area contributed by atoms with E-state index in [0.29, 0.717) is 13.2 Å². The first-order valence-corrected chi connectivity index (χ1v) is 7.35. The zero-order valence-electron chi connectivity index (χ0n) is 13.3.